The van der Waals surface area contributed by atoms with Crippen molar-refractivity contribution in [3.05, 3.63) is 30.0 Å². The highest BCUT2D eigenvalue weighted by Crippen LogP contribution is 2.41. The van der Waals surface area contributed by atoms with Crippen LogP contribution in [0.3, 0.4) is 0 Å². The van der Waals surface area contributed by atoms with Crippen molar-refractivity contribution in [2.45, 2.75) is 6.04 Å². The van der Waals surface area contributed by atoms with Crippen LogP contribution in [-0.4, -0.2) is 35.2 Å². The quantitative estimate of drug-likeness (QED) is 0.718. The summed E-state index contributed by atoms with van der Waals surface area (Å²) in [5.41, 5.74) is 1.60. The Kier molecular flexibility index (Phi) is 1.99. The number of piperidine rings is 1. The molecule has 2 aliphatic rings. The number of nitrogens with one attached hydrogen (secondary N) is 3. The number of aromatic amines is 1. The highest BCUT2D eigenvalue weighted by atomic mass is 16.1. The summed E-state index contributed by atoms with van der Waals surface area (Å²) in [5, 5.41) is 14.3. The number of fused-ring (bicyclic) bond motifs is 2. The number of hydrogen-bond donors (Lipinski definition) is 3. The van der Waals surface area contributed by atoms with E-state index in [1.54, 1.807) is 6.20 Å². The Balaban J connectivity index is 1.53. The number of H-pyrrole nitrogens is 1. The van der Waals surface area contributed by atoms with E-state index in [4.69, 9.17) is 0 Å². The second kappa shape index (κ2) is 3.55. The van der Waals surface area contributed by atoms with Crippen molar-refractivity contribution in [1.82, 2.24) is 20.8 Å². The van der Waals surface area contributed by atoms with Crippen molar-refractivity contribution in [2.24, 2.45) is 11.8 Å². The van der Waals surface area contributed by atoms with Crippen LogP contribution >= 0.6 is 0 Å². The van der Waals surface area contributed by atoms with Crippen LogP contribution in [0.25, 0.3) is 10.9 Å². The molecule has 1 amide bonds. The summed E-state index contributed by atoms with van der Waals surface area (Å²) in [4.78, 5) is 12.1. The molecule has 1 aliphatic carbocycles. The predicted molar refractivity (Wildman–Crippen MR) is 67.2 cm³/mol. The Hall–Kier alpha value is -1.88. The molecule has 5 heteroatoms. The second-order valence-corrected chi connectivity index (χ2v) is 5.16. The zero-order valence-electron chi connectivity index (χ0n) is 9.81. The van der Waals surface area contributed by atoms with E-state index in [9.17, 15) is 4.79 Å². The molecular weight excluding hydrogens is 228 g/mol. The van der Waals surface area contributed by atoms with Gasteiger partial charge in [0.15, 0.2) is 0 Å². The molecule has 2 fully saturated rings. The van der Waals surface area contributed by atoms with Gasteiger partial charge in [-0.05, 0) is 24.0 Å². The summed E-state index contributed by atoms with van der Waals surface area (Å²) in [5.74, 6) is 1.31. The summed E-state index contributed by atoms with van der Waals surface area (Å²) in [6.07, 6.45) is 1.76. The molecule has 2 aromatic rings. The van der Waals surface area contributed by atoms with Gasteiger partial charge >= 0.3 is 0 Å². The Bertz CT molecular complexity index is 610. The van der Waals surface area contributed by atoms with E-state index < -0.39 is 0 Å². The molecule has 92 valence electrons. The maximum atomic E-state index is 12.1. The summed E-state index contributed by atoms with van der Waals surface area (Å²) >= 11 is 0. The molecule has 0 radical (unpaired) electrons. The van der Waals surface area contributed by atoms with Crippen molar-refractivity contribution >= 4 is 16.8 Å². The van der Waals surface area contributed by atoms with Gasteiger partial charge in [-0.15, -0.1) is 0 Å². The number of hydrogen-bond acceptors (Lipinski definition) is 3. The van der Waals surface area contributed by atoms with Crippen LogP contribution in [0.2, 0.25) is 0 Å². The molecule has 1 aromatic heterocycles. The first-order valence-corrected chi connectivity index (χ1v) is 6.27. The van der Waals surface area contributed by atoms with Crippen LogP contribution in [0.4, 0.5) is 0 Å². The molecule has 0 spiro atoms. The van der Waals surface area contributed by atoms with Gasteiger partial charge < -0.3 is 10.6 Å². The first kappa shape index (κ1) is 10.1. The number of amides is 1. The van der Waals surface area contributed by atoms with E-state index in [-0.39, 0.29) is 5.91 Å². The zero-order valence-corrected chi connectivity index (χ0v) is 9.81. The number of carbonyl (C=O) groups is 1. The third-order valence-corrected chi connectivity index (χ3v) is 4.09. The minimum absolute atomic E-state index is 0.0194. The summed E-state index contributed by atoms with van der Waals surface area (Å²) in [6.45, 7) is 2.07. The van der Waals surface area contributed by atoms with Crippen molar-refractivity contribution < 1.29 is 4.79 Å². The molecule has 2 atom stereocenters. The molecule has 5 nitrogen and oxygen atoms in total. The maximum Gasteiger partial charge on any atom is 0.251 e. The molecule has 1 saturated carbocycles. The third kappa shape index (κ3) is 1.44. The van der Waals surface area contributed by atoms with E-state index >= 15 is 0 Å². The van der Waals surface area contributed by atoms with E-state index in [1.807, 2.05) is 18.2 Å². The Morgan fingerprint density at radius 1 is 1.33 bits per heavy atom. The van der Waals surface area contributed by atoms with E-state index in [1.165, 1.54) is 0 Å². The van der Waals surface area contributed by atoms with Crippen LogP contribution in [0.15, 0.2) is 24.4 Å². The lowest BCUT2D eigenvalue weighted by Crippen LogP contribution is -2.32. The molecule has 3 N–H and O–H groups in total. The fourth-order valence-electron chi connectivity index (χ4n) is 2.95. The van der Waals surface area contributed by atoms with Gasteiger partial charge in [-0.2, -0.15) is 5.10 Å². The number of benzene rings is 1. The lowest BCUT2D eigenvalue weighted by Gasteiger charge is -2.07. The molecule has 2 unspecified atom stereocenters. The van der Waals surface area contributed by atoms with Crippen LogP contribution in [0.5, 0.6) is 0 Å². The number of nitrogens with zero attached hydrogens (tertiary/aromatic N) is 1. The van der Waals surface area contributed by atoms with Crippen molar-refractivity contribution in [2.75, 3.05) is 13.1 Å². The van der Waals surface area contributed by atoms with Crippen LogP contribution < -0.4 is 10.6 Å². The van der Waals surface area contributed by atoms with E-state index in [0.717, 1.165) is 24.0 Å². The van der Waals surface area contributed by atoms with Crippen molar-refractivity contribution in [3.63, 3.8) is 0 Å². The van der Waals surface area contributed by atoms with E-state index in [2.05, 4.69) is 20.8 Å². The normalized spacial score (nSPS) is 29.2. The predicted octanol–water partition coefficient (Wildman–Crippen LogP) is 0.510. The molecule has 4 rings (SSSR count). The Morgan fingerprint density at radius 3 is 3.00 bits per heavy atom. The summed E-state index contributed by atoms with van der Waals surface area (Å²) in [7, 11) is 0. The lowest BCUT2D eigenvalue weighted by atomic mass is 10.1. The average Bonchev–Trinajstić information content (AvgIpc) is 2.82. The minimum atomic E-state index is 0.0194. The monoisotopic (exact) mass is 242 g/mol. The van der Waals surface area contributed by atoms with Gasteiger partial charge in [0, 0.05) is 30.1 Å². The van der Waals surface area contributed by atoms with Gasteiger partial charge in [-0.3, -0.25) is 9.89 Å². The smallest absolute Gasteiger partial charge is 0.251 e. The van der Waals surface area contributed by atoms with Gasteiger partial charge in [-0.25, -0.2) is 0 Å². The molecule has 2 heterocycles. The fourth-order valence-corrected chi connectivity index (χ4v) is 2.95. The summed E-state index contributed by atoms with van der Waals surface area (Å²) < 4.78 is 0. The van der Waals surface area contributed by atoms with E-state index in [0.29, 0.717) is 23.4 Å². The molecule has 1 aliphatic heterocycles. The first-order chi connectivity index (χ1) is 8.83. The van der Waals surface area contributed by atoms with Crippen molar-refractivity contribution in [1.29, 1.82) is 0 Å². The number of carbonyl (C=O) groups excluding carboxylic acids is 1. The lowest BCUT2D eigenvalue weighted by molar-refractivity contribution is 0.0946. The zero-order chi connectivity index (χ0) is 12.1. The molecule has 1 aromatic carbocycles. The highest BCUT2D eigenvalue weighted by Gasteiger charge is 2.53. The van der Waals surface area contributed by atoms with Crippen LogP contribution in [0, 0.1) is 11.8 Å². The SMILES string of the molecule is O=C(NC1C2CNCC21)c1ccc2cn[nH]c2c1. The average molecular weight is 242 g/mol. The minimum Gasteiger partial charge on any atom is -0.349 e. The first-order valence-electron chi connectivity index (χ1n) is 6.27. The maximum absolute atomic E-state index is 12.1. The standard InChI is InChI=1S/C13H14N4O/c18-13(16-12-9-5-14-6-10(9)12)7-1-2-8-4-15-17-11(8)3-7/h1-4,9-10,12,14H,5-6H2,(H,15,17)(H,16,18). The molecular formula is C13H14N4O. The molecule has 1 saturated heterocycles. The van der Waals surface area contributed by atoms with Crippen LogP contribution in [0.1, 0.15) is 10.4 Å². The van der Waals surface area contributed by atoms with Gasteiger partial charge in [-0.1, -0.05) is 6.07 Å². The van der Waals surface area contributed by atoms with Crippen molar-refractivity contribution in [3.8, 4) is 0 Å². The van der Waals surface area contributed by atoms with Gasteiger partial charge in [0.2, 0.25) is 0 Å². The largest absolute Gasteiger partial charge is 0.349 e. The number of aromatic nitrogens is 2. The second-order valence-electron chi connectivity index (χ2n) is 5.16. The van der Waals surface area contributed by atoms with Gasteiger partial charge in [0.05, 0.1) is 11.7 Å². The Morgan fingerprint density at radius 2 is 2.17 bits per heavy atom. The topological polar surface area (TPSA) is 69.8 Å². The Labute approximate surface area is 104 Å². The van der Waals surface area contributed by atoms with Gasteiger partial charge in [0.1, 0.15) is 0 Å². The third-order valence-electron chi connectivity index (χ3n) is 4.09. The fraction of sp³-hybridized carbons (Fsp3) is 0.385. The molecule has 18 heavy (non-hydrogen) atoms. The van der Waals surface area contributed by atoms with Crippen LogP contribution in [-0.2, 0) is 0 Å². The summed E-state index contributed by atoms with van der Waals surface area (Å²) in [6, 6.07) is 6.00. The molecule has 0 bridgehead atoms. The van der Waals surface area contributed by atoms with Gasteiger partial charge in [0.25, 0.3) is 5.91 Å². The highest BCUT2D eigenvalue weighted by molar-refractivity contribution is 5.98. The number of rotatable bonds is 2.